The summed E-state index contributed by atoms with van der Waals surface area (Å²) in [6.45, 7) is 2.04. The van der Waals surface area contributed by atoms with E-state index in [1.54, 1.807) is 24.3 Å². The molecule has 0 saturated carbocycles. The maximum absolute atomic E-state index is 13.3. The Morgan fingerprint density at radius 3 is 1.73 bits per heavy atom. The second kappa shape index (κ2) is 14.3. The number of carbonyl (C=O) groups is 2. The van der Waals surface area contributed by atoms with Gasteiger partial charge in [0.2, 0.25) is 0 Å². The van der Waals surface area contributed by atoms with Crippen LogP contribution in [-0.2, 0) is 39.5 Å². The average Bonchev–Trinajstić information content (AvgIpc) is 3.48. The fraction of sp³-hybridized carbons (Fsp3) is 0.394. The van der Waals surface area contributed by atoms with Crippen LogP contribution in [0.4, 0.5) is 26.3 Å². The third-order valence-corrected chi connectivity index (χ3v) is 7.62. The number of rotatable bonds is 12. The molecule has 1 aliphatic heterocycles. The lowest BCUT2D eigenvalue weighted by Crippen LogP contribution is -2.34. The molecule has 0 N–H and O–H groups in total. The number of methoxy groups -OCH3 is 1. The number of hydrogen-bond donors (Lipinski definition) is 0. The summed E-state index contributed by atoms with van der Waals surface area (Å²) in [6.07, 6.45) is -8.29. The quantitative estimate of drug-likeness (QED) is 0.155. The predicted molar refractivity (Wildman–Crippen MR) is 151 cm³/mol. The summed E-state index contributed by atoms with van der Waals surface area (Å²) in [5.41, 5.74) is -0.254. The molecule has 236 valence electrons. The molecule has 1 aliphatic rings. The van der Waals surface area contributed by atoms with Gasteiger partial charge in [-0.05, 0) is 79.0 Å². The SMILES string of the molecule is COc1ccc(C(OC(=O)Cc2ccc(C(F)(F)F)cc2)C(CC(=O)Cc2ccc(C(F)(F)F)cc2)CN2CCCC2)cc1. The average molecular weight is 622 g/mol. The molecule has 1 fully saturated rings. The number of likely N-dealkylation sites (tertiary alicyclic amines) is 1. The third-order valence-electron chi connectivity index (χ3n) is 7.62. The van der Waals surface area contributed by atoms with Gasteiger partial charge in [0.25, 0.3) is 0 Å². The monoisotopic (exact) mass is 621 g/mol. The molecule has 0 radical (unpaired) electrons. The van der Waals surface area contributed by atoms with Crippen LogP contribution in [0.15, 0.2) is 72.8 Å². The number of alkyl halides is 6. The second-order valence-electron chi connectivity index (χ2n) is 10.9. The fourth-order valence-electron chi connectivity index (χ4n) is 5.36. The molecule has 0 amide bonds. The molecule has 2 atom stereocenters. The highest BCUT2D eigenvalue weighted by atomic mass is 19.4. The van der Waals surface area contributed by atoms with Gasteiger partial charge in [0, 0.05) is 25.3 Å². The van der Waals surface area contributed by atoms with E-state index in [9.17, 15) is 35.9 Å². The van der Waals surface area contributed by atoms with Gasteiger partial charge in [-0.3, -0.25) is 9.59 Å². The molecule has 0 bridgehead atoms. The lowest BCUT2D eigenvalue weighted by molar-refractivity contribution is -0.153. The Hall–Kier alpha value is -3.86. The van der Waals surface area contributed by atoms with Crippen LogP contribution in [0, 0.1) is 5.92 Å². The summed E-state index contributed by atoms with van der Waals surface area (Å²) in [5, 5.41) is 0. The highest BCUT2D eigenvalue weighted by Gasteiger charge is 2.33. The number of benzene rings is 3. The van der Waals surface area contributed by atoms with Crippen LogP contribution >= 0.6 is 0 Å². The molecule has 11 heteroatoms. The van der Waals surface area contributed by atoms with Gasteiger partial charge < -0.3 is 14.4 Å². The molecule has 1 heterocycles. The van der Waals surface area contributed by atoms with E-state index in [1.165, 1.54) is 31.4 Å². The van der Waals surface area contributed by atoms with Gasteiger partial charge in [-0.1, -0.05) is 36.4 Å². The van der Waals surface area contributed by atoms with Crippen molar-refractivity contribution in [1.29, 1.82) is 0 Å². The van der Waals surface area contributed by atoms with Gasteiger partial charge in [-0.15, -0.1) is 0 Å². The van der Waals surface area contributed by atoms with Crippen molar-refractivity contribution in [2.45, 2.75) is 50.6 Å². The summed E-state index contributed by atoms with van der Waals surface area (Å²) in [5.74, 6) is -0.837. The molecule has 3 aromatic carbocycles. The first-order chi connectivity index (χ1) is 20.8. The molecule has 4 rings (SSSR count). The molecule has 5 nitrogen and oxygen atoms in total. The van der Waals surface area contributed by atoms with E-state index in [0.29, 0.717) is 29.0 Å². The third kappa shape index (κ3) is 9.32. The minimum atomic E-state index is -4.51. The van der Waals surface area contributed by atoms with E-state index in [2.05, 4.69) is 4.90 Å². The molecule has 0 aliphatic carbocycles. The molecule has 0 spiro atoms. The van der Waals surface area contributed by atoms with Crippen molar-refractivity contribution < 1.29 is 45.4 Å². The summed E-state index contributed by atoms with van der Waals surface area (Å²) in [6, 6.07) is 15.5. The van der Waals surface area contributed by atoms with Gasteiger partial charge in [0.1, 0.15) is 17.6 Å². The number of ether oxygens (including phenoxy) is 2. The number of nitrogens with zero attached hydrogens (tertiary/aromatic N) is 1. The Kier molecular flexibility index (Phi) is 10.7. The van der Waals surface area contributed by atoms with E-state index in [-0.39, 0.29) is 25.0 Å². The molecular weight excluding hydrogens is 588 g/mol. The predicted octanol–water partition coefficient (Wildman–Crippen LogP) is 7.47. The topological polar surface area (TPSA) is 55.8 Å². The Bertz CT molecular complexity index is 1380. The summed E-state index contributed by atoms with van der Waals surface area (Å²) >= 11 is 0. The number of Topliss-reactive ketones (excluding diaryl/α,β-unsaturated/α-hetero) is 1. The van der Waals surface area contributed by atoms with Crippen molar-refractivity contribution >= 4 is 11.8 Å². The number of carbonyl (C=O) groups excluding carboxylic acids is 2. The largest absolute Gasteiger partial charge is 0.497 e. The smallest absolute Gasteiger partial charge is 0.416 e. The Morgan fingerprint density at radius 1 is 0.750 bits per heavy atom. The van der Waals surface area contributed by atoms with Gasteiger partial charge in [-0.25, -0.2) is 0 Å². The van der Waals surface area contributed by atoms with Crippen molar-refractivity contribution in [2.24, 2.45) is 5.92 Å². The van der Waals surface area contributed by atoms with Gasteiger partial charge in [-0.2, -0.15) is 26.3 Å². The van der Waals surface area contributed by atoms with Crippen LogP contribution in [-0.4, -0.2) is 43.4 Å². The number of halogens is 6. The normalized spacial score (nSPS) is 15.5. The molecule has 1 saturated heterocycles. The zero-order chi connectivity index (χ0) is 31.9. The first-order valence-electron chi connectivity index (χ1n) is 14.2. The Morgan fingerprint density at radius 2 is 1.25 bits per heavy atom. The van der Waals surface area contributed by atoms with Crippen molar-refractivity contribution in [3.8, 4) is 5.75 Å². The number of esters is 1. The second-order valence-corrected chi connectivity index (χ2v) is 10.9. The van der Waals surface area contributed by atoms with Crippen molar-refractivity contribution in [1.82, 2.24) is 4.90 Å². The zero-order valence-corrected chi connectivity index (χ0v) is 24.1. The molecular formula is C33H33F6NO4. The Balaban J connectivity index is 1.56. The minimum Gasteiger partial charge on any atom is -0.497 e. The maximum atomic E-state index is 13.3. The molecule has 2 unspecified atom stereocenters. The first-order valence-corrected chi connectivity index (χ1v) is 14.2. The van der Waals surface area contributed by atoms with E-state index < -0.39 is 41.5 Å². The lowest BCUT2D eigenvalue weighted by Gasteiger charge is -2.31. The van der Waals surface area contributed by atoms with Crippen molar-refractivity contribution in [3.05, 3.63) is 101 Å². The summed E-state index contributed by atoms with van der Waals surface area (Å²) < 4.78 is 89.1. The van der Waals surface area contributed by atoms with Gasteiger partial charge >= 0.3 is 18.3 Å². The minimum absolute atomic E-state index is 0.0121. The van der Waals surface area contributed by atoms with Crippen LogP contribution in [0.1, 0.15) is 53.2 Å². The summed E-state index contributed by atoms with van der Waals surface area (Å²) in [4.78, 5) is 28.7. The van der Waals surface area contributed by atoms with Crippen LogP contribution < -0.4 is 4.74 Å². The first kappa shape index (κ1) is 33.0. The van der Waals surface area contributed by atoms with E-state index in [1.807, 2.05) is 0 Å². The van der Waals surface area contributed by atoms with Crippen LogP contribution in [0.2, 0.25) is 0 Å². The van der Waals surface area contributed by atoms with Crippen LogP contribution in [0.5, 0.6) is 5.75 Å². The molecule has 3 aromatic rings. The van der Waals surface area contributed by atoms with E-state index in [0.717, 1.165) is 50.2 Å². The van der Waals surface area contributed by atoms with E-state index >= 15 is 0 Å². The Labute approximate surface area is 251 Å². The lowest BCUT2D eigenvalue weighted by atomic mass is 9.88. The molecule has 44 heavy (non-hydrogen) atoms. The zero-order valence-electron chi connectivity index (χ0n) is 24.1. The number of ketones is 1. The number of hydrogen-bond acceptors (Lipinski definition) is 5. The van der Waals surface area contributed by atoms with Gasteiger partial charge in [0.15, 0.2) is 0 Å². The van der Waals surface area contributed by atoms with Gasteiger partial charge in [0.05, 0.1) is 24.7 Å². The van der Waals surface area contributed by atoms with Crippen LogP contribution in [0.3, 0.4) is 0 Å². The maximum Gasteiger partial charge on any atom is 0.416 e. The van der Waals surface area contributed by atoms with Crippen LogP contribution in [0.25, 0.3) is 0 Å². The highest BCUT2D eigenvalue weighted by molar-refractivity contribution is 5.81. The fourth-order valence-corrected chi connectivity index (χ4v) is 5.36. The molecule has 0 aromatic heterocycles. The van der Waals surface area contributed by atoms with Crippen molar-refractivity contribution in [2.75, 3.05) is 26.7 Å². The van der Waals surface area contributed by atoms with E-state index in [4.69, 9.17) is 9.47 Å². The van der Waals surface area contributed by atoms with Crippen molar-refractivity contribution in [3.63, 3.8) is 0 Å². The standard InChI is InChI=1S/C33H33F6NO4/c1-43-29-14-8-24(9-15-29)31(44-30(42)19-23-6-12-27(13-7-23)33(37,38)39)25(21-40-16-2-3-17-40)20-28(41)18-22-4-10-26(11-5-22)32(34,35)36/h4-15,25,31H,2-3,16-21H2,1H3. The highest BCUT2D eigenvalue weighted by Crippen LogP contribution is 2.34. The summed E-state index contributed by atoms with van der Waals surface area (Å²) in [7, 11) is 1.51.